The van der Waals surface area contributed by atoms with Gasteiger partial charge in [-0.25, -0.2) is 0 Å². The van der Waals surface area contributed by atoms with Crippen LogP contribution >= 0.6 is 0 Å². The summed E-state index contributed by atoms with van der Waals surface area (Å²) < 4.78 is 0. The molecule has 0 saturated carbocycles. The second kappa shape index (κ2) is 5.43. The Kier molecular flexibility index (Phi) is 3.62. The highest BCUT2D eigenvalue weighted by molar-refractivity contribution is 5.62. The van der Waals surface area contributed by atoms with Crippen molar-refractivity contribution in [1.29, 1.82) is 0 Å². The highest BCUT2D eigenvalue weighted by Gasteiger charge is 2.27. The molecular formula is C18H20N2O. The molecule has 108 valence electrons. The van der Waals surface area contributed by atoms with Crippen molar-refractivity contribution in [2.75, 3.05) is 13.6 Å². The molecule has 0 radical (unpaired) electrons. The van der Waals surface area contributed by atoms with Crippen molar-refractivity contribution in [2.24, 2.45) is 4.99 Å². The van der Waals surface area contributed by atoms with Gasteiger partial charge < -0.3 is 5.11 Å². The van der Waals surface area contributed by atoms with Gasteiger partial charge in [0.25, 0.3) is 0 Å². The quantitative estimate of drug-likeness (QED) is 0.938. The number of aliphatic imine (C=N–C) groups is 1. The van der Waals surface area contributed by atoms with Crippen LogP contribution in [0.2, 0.25) is 0 Å². The van der Waals surface area contributed by atoms with Gasteiger partial charge in [-0.15, -0.1) is 0 Å². The van der Waals surface area contributed by atoms with Gasteiger partial charge in [-0.2, -0.15) is 0 Å². The standard InChI is InChI=1S/C18H20N2O/c1-18(21,15-8-4-3-5-9-15)16-10-6-7-14(13-16)17-19-11-12-20(17)2/h3-11,13,17,21H,12H2,1-2H3. The second-order valence-corrected chi connectivity index (χ2v) is 5.71. The predicted molar refractivity (Wildman–Crippen MR) is 85.4 cm³/mol. The number of nitrogens with zero attached hydrogens (tertiary/aromatic N) is 2. The van der Waals surface area contributed by atoms with Crippen LogP contribution < -0.4 is 0 Å². The molecule has 0 aliphatic carbocycles. The Bertz CT molecular complexity index is 649. The fourth-order valence-corrected chi connectivity index (χ4v) is 2.76. The van der Waals surface area contributed by atoms with Crippen LogP contribution in [0.4, 0.5) is 0 Å². The number of hydrogen-bond donors (Lipinski definition) is 1. The van der Waals surface area contributed by atoms with E-state index in [9.17, 15) is 5.11 Å². The Morgan fingerprint density at radius 3 is 2.48 bits per heavy atom. The lowest BCUT2D eigenvalue weighted by Crippen LogP contribution is -2.24. The molecule has 0 aromatic heterocycles. The van der Waals surface area contributed by atoms with Gasteiger partial charge in [-0.3, -0.25) is 9.89 Å². The maximum atomic E-state index is 10.9. The Morgan fingerprint density at radius 1 is 1.10 bits per heavy atom. The van der Waals surface area contributed by atoms with Crippen molar-refractivity contribution < 1.29 is 5.11 Å². The van der Waals surface area contributed by atoms with Crippen LogP contribution in [0.3, 0.4) is 0 Å². The van der Waals surface area contributed by atoms with Gasteiger partial charge in [0.2, 0.25) is 0 Å². The van der Waals surface area contributed by atoms with Gasteiger partial charge in [0.15, 0.2) is 0 Å². The SMILES string of the molecule is CN1CC=NC1c1cccc(C(C)(O)c2ccccc2)c1. The molecule has 1 aliphatic heterocycles. The zero-order valence-electron chi connectivity index (χ0n) is 12.4. The van der Waals surface area contributed by atoms with Gasteiger partial charge in [0.05, 0.1) is 0 Å². The van der Waals surface area contributed by atoms with E-state index in [1.54, 1.807) is 0 Å². The third-order valence-corrected chi connectivity index (χ3v) is 4.12. The summed E-state index contributed by atoms with van der Waals surface area (Å²) in [4.78, 5) is 6.68. The van der Waals surface area contributed by atoms with E-state index in [0.717, 1.165) is 23.2 Å². The smallest absolute Gasteiger partial charge is 0.127 e. The molecule has 3 nitrogen and oxygen atoms in total. The first-order valence-electron chi connectivity index (χ1n) is 7.19. The van der Waals surface area contributed by atoms with E-state index in [2.05, 4.69) is 29.1 Å². The molecule has 1 heterocycles. The van der Waals surface area contributed by atoms with Crippen LogP contribution in [0.25, 0.3) is 0 Å². The van der Waals surface area contributed by atoms with Crippen molar-refractivity contribution >= 4 is 6.21 Å². The van der Waals surface area contributed by atoms with Gasteiger partial charge >= 0.3 is 0 Å². The molecule has 3 heteroatoms. The lowest BCUT2D eigenvalue weighted by Gasteiger charge is -2.26. The molecule has 1 N–H and O–H groups in total. The van der Waals surface area contributed by atoms with Crippen LogP contribution in [-0.4, -0.2) is 29.8 Å². The fraction of sp³-hybridized carbons (Fsp3) is 0.278. The molecular weight excluding hydrogens is 260 g/mol. The molecule has 2 aromatic rings. The van der Waals surface area contributed by atoms with Gasteiger partial charge in [0.1, 0.15) is 11.8 Å². The van der Waals surface area contributed by atoms with Crippen molar-refractivity contribution in [3.63, 3.8) is 0 Å². The summed E-state index contributed by atoms with van der Waals surface area (Å²) in [6.07, 6.45) is 1.99. The second-order valence-electron chi connectivity index (χ2n) is 5.71. The molecule has 2 atom stereocenters. The molecule has 0 bridgehead atoms. The highest BCUT2D eigenvalue weighted by Crippen LogP contribution is 2.32. The van der Waals surface area contributed by atoms with E-state index in [4.69, 9.17) is 0 Å². The minimum absolute atomic E-state index is 0.0523. The summed E-state index contributed by atoms with van der Waals surface area (Å²) >= 11 is 0. The highest BCUT2D eigenvalue weighted by atomic mass is 16.3. The topological polar surface area (TPSA) is 35.8 Å². The first kappa shape index (κ1) is 14.0. The van der Waals surface area contributed by atoms with Gasteiger partial charge in [-0.05, 0) is 36.7 Å². The molecule has 2 aromatic carbocycles. The zero-order valence-corrected chi connectivity index (χ0v) is 12.4. The lowest BCUT2D eigenvalue weighted by molar-refractivity contribution is 0.102. The van der Waals surface area contributed by atoms with E-state index in [1.165, 1.54) is 0 Å². The zero-order chi connectivity index (χ0) is 14.9. The Labute approximate surface area is 125 Å². The van der Waals surface area contributed by atoms with E-state index in [-0.39, 0.29) is 6.17 Å². The third kappa shape index (κ3) is 2.62. The molecule has 0 amide bonds. The molecule has 0 saturated heterocycles. The van der Waals surface area contributed by atoms with Crippen molar-refractivity contribution in [3.8, 4) is 0 Å². The number of aliphatic hydroxyl groups is 1. The average molecular weight is 280 g/mol. The molecule has 2 unspecified atom stereocenters. The molecule has 21 heavy (non-hydrogen) atoms. The predicted octanol–water partition coefficient (Wildman–Crippen LogP) is 2.96. The number of rotatable bonds is 3. The molecule has 0 spiro atoms. The number of hydrogen-bond acceptors (Lipinski definition) is 3. The summed E-state index contributed by atoms with van der Waals surface area (Å²) in [7, 11) is 2.06. The van der Waals surface area contributed by atoms with Crippen molar-refractivity contribution in [1.82, 2.24) is 4.90 Å². The van der Waals surface area contributed by atoms with Crippen molar-refractivity contribution in [3.05, 3.63) is 71.3 Å². The van der Waals surface area contributed by atoms with Crippen LogP contribution in [0, 0.1) is 0 Å². The Balaban J connectivity index is 1.98. The van der Waals surface area contributed by atoms with Crippen LogP contribution in [0.1, 0.15) is 29.8 Å². The van der Waals surface area contributed by atoms with Crippen LogP contribution in [0.15, 0.2) is 59.6 Å². The first-order chi connectivity index (χ1) is 10.1. The van der Waals surface area contributed by atoms with Crippen LogP contribution in [0.5, 0.6) is 0 Å². The van der Waals surface area contributed by atoms with E-state index in [0.29, 0.717) is 0 Å². The van der Waals surface area contributed by atoms with Crippen molar-refractivity contribution in [2.45, 2.75) is 18.7 Å². The van der Waals surface area contributed by atoms with Crippen LogP contribution in [-0.2, 0) is 5.60 Å². The van der Waals surface area contributed by atoms with E-state index in [1.807, 2.05) is 55.6 Å². The average Bonchev–Trinajstić information content (AvgIpc) is 2.94. The molecule has 0 fully saturated rings. The van der Waals surface area contributed by atoms with Gasteiger partial charge in [-0.1, -0.05) is 48.5 Å². The summed E-state index contributed by atoms with van der Waals surface area (Å²) in [5, 5.41) is 10.9. The maximum absolute atomic E-state index is 10.9. The Hall–Kier alpha value is -1.97. The monoisotopic (exact) mass is 280 g/mol. The normalized spacial score (nSPS) is 21.4. The molecule has 1 aliphatic rings. The minimum Gasteiger partial charge on any atom is -0.381 e. The summed E-state index contributed by atoms with van der Waals surface area (Å²) in [6.45, 7) is 2.70. The fourth-order valence-electron chi connectivity index (χ4n) is 2.76. The largest absolute Gasteiger partial charge is 0.381 e. The number of benzene rings is 2. The first-order valence-corrected chi connectivity index (χ1v) is 7.19. The lowest BCUT2D eigenvalue weighted by atomic mass is 9.87. The summed E-state index contributed by atoms with van der Waals surface area (Å²) in [5.74, 6) is 0. The molecule has 3 rings (SSSR count). The minimum atomic E-state index is -1.00. The van der Waals surface area contributed by atoms with E-state index < -0.39 is 5.60 Å². The summed E-state index contributed by atoms with van der Waals surface area (Å²) in [5.41, 5.74) is 1.89. The van der Waals surface area contributed by atoms with Gasteiger partial charge in [0, 0.05) is 12.8 Å². The Morgan fingerprint density at radius 2 is 1.81 bits per heavy atom. The summed E-state index contributed by atoms with van der Waals surface area (Å²) in [6, 6.07) is 17.8. The van der Waals surface area contributed by atoms with E-state index >= 15 is 0 Å². The third-order valence-electron chi connectivity index (χ3n) is 4.12. The maximum Gasteiger partial charge on any atom is 0.127 e.